The Morgan fingerprint density at radius 2 is 1.60 bits per heavy atom. The zero-order valence-electron chi connectivity index (χ0n) is 20.2. The number of carbonyl (C=O) groups excluding carboxylic acids is 1. The fraction of sp³-hybridized carbons (Fsp3) is 0.344. The summed E-state index contributed by atoms with van der Waals surface area (Å²) in [4.78, 5) is 16.5. The van der Waals surface area contributed by atoms with Crippen LogP contribution in [0.4, 0.5) is 0 Å². The van der Waals surface area contributed by atoms with Gasteiger partial charge in [0.1, 0.15) is 0 Å². The number of nitrogens with zero attached hydrogens (tertiary/aromatic N) is 1. The molecule has 0 N–H and O–H groups in total. The molecule has 1 saturated heterocycles. The molecule has 0 amide bonds. The van der Waals surface area contributed by atoms with Crippen LogP contribution < -0.4 is 0 Å². The van der Waals surface area contributed by atoms with Crippen LogP contribution in [0.15, 0.2) is 89.6 Å². The van der Waals surface area contributed by atoms with Crippen LogP contribution in [0.5, 0.6) is 0 Å². The van der Waals surface area contributed by atoms with Crippen molar-refractivity contribution in [2.45, 2.75) is 37.5 Å². The number of hydrogen-bond acceptors (Lipinski definition) is 3. The maximum atomic E-state index is 13.8. The fourth-order valence-electron chi connectivity index (χ4n) is 6.60. The summed E-state index contributed by atoms with van der Waals surface area (Å²) in [6.07, 6.45) is 4.45. The van der Waals surface area contributed by atoms with Gasteiger partial charge in [-0.15, -0.1) is 0 Å². The molecule has 0 spiro atoms. The van der Waals surface area contributed by atoms with E-state index in [0.717, 1.165) is 48.8 Å². The summed E-state index contributed by atoms with van der Waals surface area (Å²) < 4.78 is 0. The zero-order chi connectivity index (χ0) is 23.6. The van der Waals surface area contributed by atoms with Crippen LogP contribution in [0.1, 0.15) is 59.0 Å². The van der Waals surface area contributed by atoms with Crippen LogP contribution in [0, 0.1) is 11.8 Å². The normalized spacial score (nSPS) is 23.6. The van der Waals surface area contributed by atoms with Gasteiger partial charge in [-0.1, -0.05) is 72.8 Å². The molecule has 3 aromatic carbocycles. The summed E-state index contributed by atoms with van der Waals surface area (Å²) >= 11 is 1.78. The molecule has 1 aromatic heterocycles. The monoisotopic (exact) mass is 479 g/mol. The minimum absolute atomic E-state index is 0.109. The maximum Gasteiger partial charge on any atom is 0.166 e. The maximum absolute atomic E-state index is 13.8. The molecule has 3 heteroatoms. The van der Waals surface area contributed by atoms with E-state index in [-0.39, 0.29) is 5.92 Å². The van der Waals surface area contributed by atoms with Crippen molar-refractivity contribution in [1.82, 2.24) is 4.90 Å². The number of hydrogen-bond donors (Lipinski definition) is 0. The summed E-state index contributed by atoms with van der Waals surface area (Å²) in [5.41, 5.74) is 3.83. The lowest BCUT2D eigenvalue weighted by molar-refractivity contribution is 0.0918. The Morgan fingerprint density at radius 3 is 2.40 bits per heavy atom. The van der Waals surface area contributed by atoms with E-state index >= 15 is 0 Å². The van der Waals surface area contributed by atoms with Gasteiger partial charge in [-0.25, -0.2) is 0 Å². The van der Waals surface area contributed by atoms with Crippen molar-refractivity contribution in [2.24, 2.45) is 11.8 Å². The lowest BCUT2D eigenvalue weighted by Gasteiger charge is -2.35. The molecular weight excluding hydrogens is 446 g/mol. The van der Waals surface area contributed by atoms with Gasteiger partial charge in [-0.3, -0.25) is 4.79 Å². The summed E-state index contributed by atoms with van der Waals surface area (Å²) in [6.45, 7) is 3.43. The van der Waals surface area contributed by atoms with Gasteiger partial charge < -0.3 is 4.90 Å². The highest BCUT2D eigenvalue weighted by molar-refractivity contribution is 7.08. The third-order valence-electron chi connectivity index (χ3n) is 8.44. The Morgan fingerprint density at radius 1 is 0.829 bits per heavy atom. The Kier molecular flexibility index (Phi) is 6.54. The van der Waals surface area contributed by atoms with Gasteiger partial charge >= 0.3 is 0 Å². The molecule has 1 unspecified atom stereocenters. The average molecular weight is 480 g/mol. The van der Waals surface area contributed by atoms with Crippen LogP contribution in [0.25, 0.3) is 10.8 Å². The molecule has 178 valence electrons. The second-order valence-electron chi connectivity index (χ2n) is 10.5. The SMILES string of the molecule is O=C(c1cccc2ccccc12)C1C[C@H](CN2CCC(c3ccccc3)CC2)[C@@H](c2ccsc2)C1. The molecule has 35 heavy (non-hydrogen) atoms. The van der Waals surface area contributed by atoms with Crippen molar-refractivity contribution in [3.8, 4) is 0 Å². The van der Waals surface area contributed by atoms with E-state index in [4.69, 9.17) is 0 Å². The number of thiophene rings is 1. The van der Waals surface area contributed by atoms with Crippen LogP contribution in [-0.2, 0) is 0 Å². The van der Waals surface area contributed by atoms with Crippen LogP contribution in [0.3, 0.4) is 0 Å². The third-order valence-corrected chi connectivity index (χ3v) is 9.14. The minimum atomic E-state index is 0.109. The van der Waals surface area contributed by atoms with Crippen LogP contribution in [-0.4, -0.2) is 30.3 Å². The first-order valence-corrected chi connectivity index (χ1v) is 14.0. The van der Waals surface area contributed by atoms with Gasteiger partial charge in [-0.2, -0.15) is 11.3 Å². The van der Waals surface area contributed by atoms with E-state index in [1.165, 1.54) is 24.0 Å². The van der Waals surface area contributed by atoms with Gasteiger partial charge in [0.05, 0.1) is 0 Å². The number of piperidine rings is 1. The molecule has 2 nitrogen and oxygen atoms in total. The number of carbonyl (C=O) groups is 1. The first-order chi connectivity index (χ1) is 17.3. The molecule has 3 atom stereocenters. The number of likely N-dealkylation sites (tertiary alicyclic amines) is 1. The quantitative estimate of drug-likeness (QED) is 0.263. The Hall–Kier alpha value is -2.75. The van der Waals surface area contributed by atoms with Crippen molar-refractivity contribution in [1.29, 1.82) is 0 Å². The first-order valence-electron chi connectivity index (χ1n) is 13.1. The van der Waals surface area contributed by atoms with Gasteiger partial charge in [0.2, 0.25) is 0 Å². The van der Waals surface area contributed by atoms with E-state index < -0.39 is 0 Å². The van der Waals surface area contributed by atoms with Crippen molar-refractivity contribution >= 4 is 27.9 Å². The summed E-state index contributed by atoms with van der Waals surface area (Å²) in [6, 6.07) is 27.8. The molecule has 1 aliphatic heterocycles. The molecule has 1 aliphatic carbocycles. The minimum Gasteiger partial charge on any atom is -0.303 e. The number of rotatable bonds is 6. The molecule has 4 aromatic rings. The van der Waals surface area contributed by atoms with E-state index in [0.29, 0.717) is 23.5 Å². The highest BCUT2D eigenvalue weighted by atomic mass is 32.1. The van der Waals surface area contributed by atoms with Crippen LogP contribution in [0.2, 0.25) is 0 Å². The van der Waals surface area contributed by atoms with Gasteiger partial charge in [0.15, 0.2) is 5.78 Å². The zero-order valence-corrected chi connectivity index (χ0v) is 21.0. The Balaban J connectivity index is 1.18. The lowest BCUT2D eigenvalue weighted by atomic mass is 9.87. The largest absolute Gasteiger partial charge is 0.303 e. The predicted octanol–water partition coefficient (Wildman–Crippen LogP) is 7.77. The van der Waals surface area contributed by atoms with E-state index in [9.17, 15) is 4.79 Å². The van der Waals surface area contributed by atoms with E-state index in [2.05, 4.69) is 76.3 Å². The van der Waals surface area contributed by atoms with Gasteiger partial charge in [0, 0.05) is 18.0 Å². The topological polar surface area (TPSA) is 20.3 Å². The first kappa shape index (κ1) is 22.7. The standard InChI is InChI=1S/C32H33NOS/c34-32(30-12-6-10-25-9-4-5-11-29(25)30)27-19-28(31(20-27)26-15-18-35-22-26)21-33-16-13-24(14-17-33)23-7-2-1-3-8-23/h1-12,15,18,22,24,27-28,31H,13-14,16-17,19-21H2/t27?,28-,31-/m1/s1. The van der Waals surface area contributed by atoms with Crippen molar-refractivity contribution in [3.05, 3.63) is 106 Å². The molecule has 0 radical (unpaired) electrons. The summed E-state index contributed by atoms with van der Waals surface area (Å²) in [5, 5.41) is 6.75. The highest BCUT2D eigenvalue weighted by Crippen LogP contribution is 2.46. The van der Waals surface area contributed by atoms with E-state index in [1.54, 1.807) is 11.3 Å². The Labute approximate surface area is 212 Å². The molecule has 0 bridgehead atoms. The molecule has 2 aliphatic rings. The van der Waals surface area contributed by atoms with Gasteiger partial charge in [-0.05, 0) is 95.3 Å². The lowest BCUT2D eigenvalue weighted by Crippen LogP contribution is -2.37. The predicted molar refractivity (Wildman–Crippen MR) is 146 cm³/mol. The molecule has 2 fully saturated rings. The van der Waals surface area contributed by atoms with E-state index in [1.807, 2.05) is 18.2 Å². The van der Waals surface area contributed by atoms with Crippen molar-refractivity contribution < 1.29 is 4.79 Å². The number of ketones is 1. The number of fused-ring (bicyclic) bond motifs is 1. The second-order valence-corrected chi connectivity index (χ2v) is 11.2. The number of Topliss-reactive ketones (excluding diaryl/α,β-unsaturated/α-hetero) is 1. The third kappa shape index (κ3) is 4.72. The summed E-state index contributed by atoms with van der Waals surface area (Å²) in [5.74, 6) is 2.16. The number of benzene rings is 3. The second kappa shape index (κ2) is 10.1. The summed E-state index contributed by atoms with van der Waals surface area (Å²) in [7, 11) is 0. The highest BCUT2D eigenvalue weighted by Gasteiger charge is 2.40. The molecule has 1 saturated carbocycles. The molecule has 2 heterocycles. The van der Waals surface area contributed by atoms with Crippen molar-refractivity contribution in [3.63, 3.8) is 0 Å². The van der Waals surface area contributed by atoms with Crippen molar-refractivity contribution in [2.75, 3.05) is 19.6 Å². The Bertz CT molecular complexity index is 1270. The smallest absolute Gasteiger partial charge is 0.166 e. The fourth-order valence-corrected chi connectivity index (χ4v) is 7.33. The van der Waals surface area contributed by atoms with Crippen LogP contribution >= 0.6 is 11.3 Å². The molecule has 6 rings (SSSR count). The molecular formula is C32H33NOS. The average Bonchev–Trinajstić information content (AvgIpc) is 3.59. The van der Waals surface area contributed by atoms with Gasteiger partial charge in [0.25, 0.3) is 0 Å².